The standard InChI is InChI=1S/C16H27F2NO5S2/c1-16(2,3)26(23)19-8-6-4-5-7-9(14(17)18)25-15-12(22)10(20)11(21)13(8)24-15/h4-5,8-15,19-22H,6-7H2,1-3H3/t8-,9+,10+,11-,12-,13-,15-,26-/m1/s1. The van der Waals surface area contributed by atoms with E-state index in [9.17, 15) is 28.7 Å². The van der Waals surface area contributed by atoms with E-state index in [4.69, 9.17) is 4.74 Å². The zero-order chi connectivity index (χ0) is 19.6. The molecule has 1 fully saturated rings. The number of alkyl halides is 2. The molecule has 2 rings (SSSR count). The number of rotatable bonds is 3. The van der Waals surface area contributed by atoms with Crippen LogP contribution in [0.15, 0.2) is 12.2 Å². The first kappa shape index (κ1) is 22.4. The highest BCUT2D eigenvalue weighted by Crippen LogP contribution is 2.37. The molecule has 10 heteroatoms. The molecule has 152 valence electrons. The molecule has 0 aromatic heterocycles. The first-order valence-corrected chi connectivity index (χ1v) is 10.6. The maximum atomic E-state index is 13.2. The van der Waals surface area contributed by atoms with Crippen LogP contribution in [-0.2, 0) is 16.1 Å². The van der Waals surface area contributed by atoms with Crippen molar-refractivity contribution >= 4 is 23.1 Å². The fourth-order valence-electron chi connectivity index (χ4n) is 2.75. The summed E-state index contributed by atoms with van der Waals surface area (Å²) in [5.41, 5.74) is -1.11. The summed E-state index contributed by atoms with van der Waals surface area (Å²) in [5, 5.41) is 29.6. The van der Waals surface area contributed by atoms with Crippen molar-refractivity contribution in [1.29, 1.82) is 0 Å². The van der Waals surface area contributed by atoms with E-state index in [1.807, 2.05) is 0 Å². The van der Waals surface area contributed by atoms with Gasteiger partial charge >= 0.3 is 0 Å². The third kappa shape index (κ3) is 5.32. The maximum Gasteiger partial charge on any atom is 0.250 e. The minimum absolute atomic E-state index is 0.0767. The number of hydrogen-bond donors (Lipinski definition) is 4. The molecule has 0 aliphatic carbocycles. The zero-order valence-electron chi connectivity index (χ0n) is 14.9. The fraction of sp³-hybridized carbons (Fsp3) is 0.875. The summed E-state index contributed by atoms with van der Waals surface area (Å²) in [6.07, 6.45) is -4.44. The van der Waals surface area contributed by atoms with E-state index in [-0.39, 0.29) is 12.8 Å². The first-order valence-electron chi connectivity index (χ1n) is 8.48. The predicted octanol–water partition coefficient (Wildman–Crippen LogP) is 0.931. The Morgan fingerprint density at radius 1 is 1.15 bits per heavy atom. The van der Waals surface area contributed by atoms with Crippen LogP contribution in [-0.4, -0.2) is 72.2 Å². The summed E-state index contributed by atoms with van der Waals surface area (Å²) in [7, 11) is 0. The van der Waals surface area contributed by atoms with Crippen molar-refractivity contribution in [1.82, 2.24) is 4.72 Å². The number of halogens is 2. The molecule has 2 bridgehead atoms. The van der Waals surface area contributed by atoms with Gasteiger partial charge in [-0.25, -0.2) is 8.78 Å². The van der Waals surface area contributed by atoms with E-state index in [1.165, 1.54) is 0 Å². The van der Waals surface area contributed by atoms with Gasteiger partial charge in [0, 0.05) is 11.4 Å². The van der Waals surface area contributed by atoms with Crippen molar-refractivity contribution in [3.8, 4) is 0 Å². The van der Waals surface area contributed by atoms with Crippen LogP contribution in [0.5, 0.6) is 0 Å². The van der Waals surface area contributed by atoms with Gasteiger partial charge in [0.1, 0.15) is 34.6 Å². The topological polar surface area (TPSA) is 105 Å². The Balaban J connectivity index is 2.28. The lowest BCUT2D eigenvalue weighted by Gasteiger charge is -2.44. The van der Waals surface area contributed by atoms with Gasteiger partial charge in [-0.3, -0.25) is 0 Å². The second kappa shape index (κ2) is 9.04. The number of nitrogens with one attached hydrogen (secondary N) is 1. The lowest BCUT2D eigenvalue weighted by molar-refractivity contribution is -0.203. The molecule has 26 heavy (non-hydrogen) atoms. The zero-order valence-corrected chi connectivity index (χ0v) is 16.6. The van der Waals surface area contributed by atoms with Gasteiger partial charge in [-0.2, -0.15) is 0 Å². The lowest BCUT2D eigenvalue weighted by atomic mass is 9.93. The summed E-state index contributed by atoms with van der Waals surface area (Å²) in [6, 6.07) is -0.616. The van der Waals surface area contributed by atoms with Crippen molar-refractivity contribution in [3.63, 3.8) is 0 Å². The molecule has 0 aromatic rings. The number of ether oxygens (including phenoxy) is 1. The molecule has 2 heterocycles. The normalized spacial score (nSPS) is 40.5. The molecule has 1 saturated heterocycles. The molecule has 0 saturated carbocycles. The van der Waals surface area contributed by atoms with E-state index in [0.717, 1.165) is 11.8 Å². The van der Waals surface area contributed by atoms with Crippen molar-refractivity contribution in [3.05, 3.63) is 12.2 Å². The van der Waals surface area contributed by atoms with Gasteiger partial charge in [-0.05, 0) is 33.6 Å². The van der Waals surface area contributed by atoms with Crippen LogP contribution >= 0.6 is 11.8 Å². The second-order valence-corrected chi connectivity index (χ2v) is 10.8. The second-order valence-electron chi connectivity index (χ2n) is 7.50. The Hall–Kier alpha value is 0.0600. The van der Waals surface area contributed by atoms with Crippen LogP contribution in [0.2, 0.25) is 0 Å². The average molecular weight is 416 g/mol. The molecule has 4 N–H and O–H groups in total. The number of hydrogen-bond acceptors (Lipinski definition) is 7. The number of aliphatic hydroxyl groups excluding tert-OH is 3. The number of fused-ring (bicyclic) bond motifs is 2. The summed E-state index contributed by atoms with van der Waals surface area (Å²) in [5.74, 6) is 0. The van der Waals surface area contributed by atoms with Gasteiger partial charge < -0.3 is 24.6 Å². The van der Waals surface area contributed by atoms with Crippen molar-refractivity contribution in [2.75, 3.05) is 0 Å². The quantitative estimate of drug-likeness (QED) is 0.401. The Labute approximate surface area is 159 Å². The van der Waals surface area contributed by atoms with Crippen LogP contribution in [0.4, 0.5) is 8.78 Å². The van der Waals surface area contributed by atoms with Crippen LogP contribution in [0.3, 0.4) is 0 Å². The monoisotopic (exact) mass is 415 g/mol. The van der Waals surface area contributed by atoms with Crippen LogP contribution in [0, 0.1) is 0 Å². The molecular formula is C16H27F2NO5S2. The third-order valence-corrected chi connectivity index (χ3v) is 7.37. The molecule has 0 aromatic carbocycles. The van der Waals surface area contributed by atoms with E-state index >= 15 is 0 Å². The third-order valence-electron chi connectivity index (χ3n) is 4.33. The molecule has 6 nitrogen and oxygen atoms in total. The molecule has 0 unspecified atom stereocenters. The molecule has 0 spiro atoms. The fourth-order valence-corrected chi connectivity index (χ4v) is 4.80. The van der Waals surface area contributed by atoms with Crippen LogP contribution < -0.4 is 4.72 Å². The summed E-state index contributed by atoms with van der Waals surface area (Å²) >= 11 is -0.719. The number of aliphatic hydroxyl groups is 3. The minimum atomic E-state index is -2.62. The van der Waals surface area contributed by atoms with Crippen molar-refractivity contribution in [2.45, 2.75) is 85.9 Å². The largest absolute Gasteiger partial charge is 0.598 e. The molecule has 8 atom stereocenters. The van der Waals surface area contributed by atoms with Crippen molar-refractivity contribution in [2.24, 2.45) is 0 Å². The highest BCUT2D eigenvalue weighted by molar-refractivity contribution is 8.00. The van der Waals surface area contributed by atoms with Crippen molar-refractivity contribution < 1.29 is 33.4 Å². The Morgan fingerprint density at radius 2 is 1.77 bits per heavy atom. The Kier molecular flexibility index (Phi) is 7.77. The summed E-state index contributed by atoms with van der Waals surface area (Å²) in [6.45, 7) is 5.36. The molecule has 2 aliphatic rings. The van der Waals surface area contributed by atoms with E-state index < -0.39 is 63.7 Å². The van der Waals surface area contributed by atoms with Gasteiger partial charge in [0.15, 0.2) is 0 Å². The Morgan fingerprint density at radius 3 is 2.35 bits per heavy atom. The summed E-state index contributed by atoms with van der Waals surface area (Å²) in [4.78, 5) is 0. The van der Waals surface area contributed by atoms with Gasteiger partial charge in [0.05, 0.1) is 11.3 Å². The van der Waals surface area contributed by atoms with E-state index in [1.54, 1.807) is 32.9 Å². The SMILES string of the molecule is CC(C)(C)[S@@+]([O-])N[C@@H]1CC=CC[C@@H](C(F)F)S[C@H]2O[C@H]1[C@H](O)[C@H](O)[C@H]2O. The minimum Gasteiger partial charge on any atom is -0.598 e. The molecule has 2 aliphatic heterocycles. The maximum absolute atomic E-state index is 13.2. The van der Waals surface area contributed by atoms with Crippen LogP contribution in [0.1, 0.15) is 33.6 Å². The first-order chi connectivity index (χ1) is 12.0. The van der Waals surface area contributed by atoms with Gasteiger partial charge in [-0.1, -0.05) is 12.2 Å². The van der Waals surface area contributed by atoms with E-state index in [2.05, 4.69) is 4.72 Å². The van der Waals surface area contributed by atoms with Gasteiger partial charge in [0.25, 0.3) is 6.43 Å². The van der Waals surface area contributed by atoms with Gasteiger partial charge in [-0.15, -0.1) is 16.5 Å². The Bertz CT molecular complexity index is 494. The van der Waals surface area contributed by atoms with Gasteiger partial charge in [0.2, 0.25) is 0 Å². The highest BCUT2D eigenvalue weighted by atomic mass is 32.2. The van der Waals surface area contributed by atoms with E-state index in [0.29, 0.717) is 0 Å². The molecular weight excluding hydrogens is 388 g/mol. The van der Waals surface area contributed by atoms with Crippen LogP contribution in [0.25, 0.3) is 0 Å². The number of thioether (sulfide) groups is 1. The molecule has 0 radical (unpaired) electrons. The molecule has 0 amide bonds. The highest BCUT2D eigenvalue weighted by Gasteiger charge is 2.49. The average Bonchev–Trinajstić information content (AvgIpc) is 2.55. The lowest BCUT2D eigenvalue weighted by Crippen LogP contribution is -2.63. The predicted molar refractivity (Wildman–Crippen MR) is 97.3 cm³/mol. The summed E-state index contributed by atoms with van der Waals surface area (Å²) < 4.78 is 47.0. The number of allylic oxidation sites excluding steroid dienone is 1. The smallest absolute Gasteiger partial charge is 0.250 e.